The zero-order valence-electron chi connectivity index (χ0n) is 12.0. The first-order chi connectivity index (χ1) is 9.46. The molecular weight excluding hydrogens is 276 g/mol. The summed E-state index contributed by atoms with van der Waals surface area (Å²) in [6, 6.07) is 8.28. The van der Waals surface area contributed by atoms with Crippen molar-refractivity contribution in [1.82, 2.24) is 9.62 Å². The molecule has 0 bridgehead atoms. The van der Waals surface area contributed by atoms with Gasteiger partial charge in [-0.2, -0.15) is 0 Å². The van der Waals surface area contributed by atoms with E-state index in [2.05, 4.69) is 21.8 Å². The van der Waals surface area contributed by atoms with Crippen LogP contribution in [0.2, 0.25) is 0 Å². The van der Waals surface area contributed by atoms with Gasteiger partial charge in [-0.25, -0.2) is 13.1 Å². The van der Waals surface area contributed by atoms with Crippen molar-refractivity contribution in [3.8, 4) is 0 Å². The van der Waals surface area contributed by atoms with Gasteiger partial charge in [-0.15, -0.1) is 0 Å². The smallest absolute Gasteiger partial charge is 0.208 e. The maximum Gasteiger partial charge on any atom is 0.208 e. The van der Waals surface area contributed by atoms with Gasteiger partial charge in [0.05, 0.1) is 19.5 Å². The Morgan fingerprint density at radius 1 is 1.35 bits per heavy atom. The van der Waals surface area contributed by atoms with E-state index in [0.717, 1.165) is 18.7 Å². The Bertz CT molecular complexity index is 539. The molecule has 0 amide bonds. The molecule has 112 valence electrons. The lowest BCUT2D eigenvalue weighted by atomic mass is 10.0. The molecule has 2 rings (SSSR count). The van der Waals surface area contributed by atoms with Crippen LogP contribution in [0.5, 0.6) is 0 Å². The second-order valence-electron chi connectivity index (χ2n) is 5.20. The van der Waals surface area contributed by atoms with E-state index >= 15 is 0 Å². The summed E-state index contributed by atoms with van der Waals surface area (Å²) in [5.41, 5.74) is 2.32. The van der Waals surface area contributed by atoms with Gasteiger partial charge in [0.1, 0.15) is 0 Å². The third kappa shape index (κ3) is 4.56. The van der Waals surface area contributed by atoms with Crippen LogP contribution in [0.1, 0.15) is 17.2 Å². The van der Waals surface area contributed by atoms with Gasteiger partial charge >= 0.3 is 0 Å². The summed E-state index contributed by atoms with van der Waals surface area (Å²) in [6.07, 6.45) is 1.19. The summed E-state index contributed by atoms with van der Waals surface area (Å²) in [5.74, 6) is 0. The summed E-state index contributed by atoms with van der Waals surface area (Å²) >= 11 is 0. The van der Waals surface area contributed by atoms with E-state index in [9.17, 15) is 8.42 Å². The van der Waals surface area contributed by atoms with Crippen LogP contribution in [-0.4, -0.2) is 52.4 Å². The Labute approximate surface area is 121 Å². The first-order valence-electron chi connectivity index (χ1n) is 6.79. The van der Waals surface area contributed by atoms with Crippen LogP contribution in [0.25, 0.3) is 0 Å². The maximum absolute atomic E-state index is 11.4. The van der Waals surface area contributed by atoms with Crippen molar-refractivity contribution in [2.75, 3.05) is 39.1 Å². The van der Waals surface area contributed by atoms with Crippen molar-refractivity contribution in [2.45, 2.75) is 13.0 Å². The molecule has 0 radical (unpaired) electrons. The molecule has 1 aliphatic heterocycles. The van der Waals surface area contributed by atoms with E-state index in [4.69, 9.17) is 4.74 Å². The fourth-order valence-corrected chi connectivity index (χ4v) is 2.92. The Morgan fingerprint density at radius 3 is 2.65 bits per heavy atom. The zero-order valence-corrected chi connectivity index (χ0v) is 12.8. The molecule has 5 nitrogen and oxygen atoms in total. The quantitative estimate of drug-likeness (QED) is 0.878. The molecule has 0 spiro atoms. The number of aryl methyl sites for hydroxylation is 1. The lowest BCUT2D eigenvalue weighted by Crippen LogP contribution is -2.43. The maximum atomic E-state index is 11.4. The highest BCUT2D eigenvalue weighted by Crippen LogP contribution is 2.22. The Kier molecular flexibility index (Phi) is 5.15. The lowest BCUT2D eigenvalue weighted by molar-refractivity contribution is 0.0172. The molecule has 0 aliphatic carbocycles. The number of nitrogens with zero attached hydrogens (tertiary/aromatic N) is 1. The number of hydrogen-bond donors (Lipinski definition) is 1. The van der Waals surface area contributed by atoms with Crippen LogP contribution in [-0.2, 0) is 14.8 Å². The van der Waals surface area contributed by atoms with Crippen LogP contribution in [0.15, 0.2) is 24.3 Å². The van der Waals surface area contributed by atoms with Crippen molar-refractivity contribution in [2.24, 2.45) is 0 Å². The van der Waals surface area contributed by atoms with Gasteiger partial charge in [0.15, 0.2) is 0 Å². The normalized spacial score (nSPS) is 18.9. The first kappa shape index (κ1) is 15.4. The molecule has 1 aromatic rings. The van der Waals surface area contributed by atoms with Gasteiger partial charge in [0, 0.05) is 25.7 Å². The molecule has 1 fully saturated rings. The second-order valence-corrected chi connectivity index (χ2v) is 7.03. The summed E-state index contributed by atoms with van der Waals surface area (Å²) in [5, 5.41) is 0. The topological polar surface area (TPSA) is 58.6 Å². The van der Waals surface area contributed by atoms with Crippen LogP contribution in [0.3, 0.4) is 0 Å². The molecule has 0 saturated carbocycles. The summed E-state index contributed by atoms with van der Waals surface area (Å²) in [7, 11) is -3.18. The van der Waals surface area contributed by atoms with Crippen LogP contribution in [0.4, 0.5) is 0 Å². The summed E-state index contributed by atoms with van der Waals surface area (Å²) in [4.78, 5) is 2.27. The highest BCUT2D eigenvalue weighted by atomic mass is 32.2. The molecule has 0 aromatic heterocycles. The van der Waals surface area contributed by atoms with Gasteiger partial charge < -0.3 is 4.74 Å². The molecule has 1 unspecified atom stereocenters. The van der Waals surface area contributed by atoms with Crippen molar-refractivity contribution in [3.05, 3.63) is 35.4 Å². The number of nitrogens with one attached hydrogen (secondary N) is 1. The van der Waals surface area contributed by atoms with Gasteiger partial charge in [-0.3, -0.25) is 4.90 Å². The molecule has 20 heavy (non-hydrogen) atoms. The number of benzene rings is 1. The minimum atomic E-state index is -3.18. The number of hydrogen-bond acceptors (Lipinski definition) is 4. The highest BCUT2D eigenvalue weighted by Gasteiger charge is 2.23. The Morgan fingerprint density at radius 2 is 2.05 bits per heavy atom. The number of sulfonamides is 1. The second kappa shape index (κ2) is 6.67. The van der Waals surface area contributed by atoms with E-state index in [-0.39, 0.29) is 6.04 Å². The van der Waals surface area contributed by atoms with E-state index in [1.165, 1.54) is 11.8 Å². The molecule has 1 saturated heterocycles. The number of ether oxygens (including phenoxy) is 1. The average Bonchev–Trinajstić information content (AvgIpc) is 2.39. The van der Waals surface area contributed by atoms with E-state index in [0.29, 0.717) is 19.8 Å². The largest absolute Gasteiger partial charge is 0.379 e. The van der Waals surface area contributed by atoms with Gasteiger partial charge in [0.2, 0.25) is 10.0 Å². The predicted molar refractivity (Wildman–Crippen MR) is 79.2 cm³/mol. The van der Waals surface area contributed by atoms with Crippen molar-refractivity contribution < 1.29 is 13.2 Å². The third-order valence-corrected chi connectivity index (χ3v) is 4.14. The molecule has 6 heteroatoms. The molecule has 1 atom stereocenters. The molecule has 1 heterocycles. The predicted octanol–water partition coefficient (Wildman–Crippen LogP) is 0.918. The van der Waals surface area contributed by atoms with E-state index in [1.807, 2.05) is 19.1 Å². The minimum Gasteiger partial charge on any atom is -0.379 e. The van der Waals surface area contributed by atoms with Gasteiger partial charge in [0.25, 0.3) is 0 Å². The minimum absolute atomic E-state index is 0.0496. The average molecular weight is 298 g/mol. The standard InChI is InChI=1S/C14H22N2O3S/c1-12-4-3-5-13(10-12)14(11-15-20(2,17)18)16-6-8-19-9-7-16/h3-5,10,14-15H,6-9,11H2,1-2H3. The number of morpholine rings is 1. The lowest BCUT2D eigenvalue weighted by Gasteiger charge is -2.34. The molecular formula is C14H22N2O3S. The molecule has 1 aromatic carbocycles. The summed E-state index contributed by atoms with van der Waals surface area (Å²) < 4.78 is 30.7. The monoisotopic (exact) mass is 298 g/mol. The van der Waals surface area contributed by atoms with Crippen LogP contribution < -0.4 is 4.72 Å². The fourth-order valence-electron chi connectivity index (χ4n) is 2.45. The van der Waals surface area contributed by atoms with Crippen molar-refractivity contribution >= 4 is 10.0 Å². The highest BCUT2D eigenvalue weighted by molar-refractivity contribution is 7.88. The Hall–Kier alpha value is -0.950. The summed E-state index contributed by atoms with van der Waals surface area (Å²) in [6.45, 7) is 5.47. The van der Waals surface area contributed by atoms with Gasteiger partial charge in [-0.1, -0.05) is 29.8 Å². The van der Waals surface area contributed by atoms with Crippen molar-refractivity contribution in [1.29, 1.82) is 0 Å². The van der Waals surface area contributed by atoms with E-state index < -0.39 is 10.0 Å². The van der Waals surface area contributed by atoms with Crippen LogP contribution in [0, 0.1) is 6.92 Å². The zero-order chi connectivity index (χ0) is 14.6. The molecule has 1 N–H and O–H groups in total. The Balaban J connectivity index is 2.18. The first-order valence-corrected chi connectivity index (χ1v) is 8.68. The third-order valence-electron chi connectivity index (χ3n) is 3.45. The van der Waals surface area contributed by atoms with E-state index in [1.54, 1.807) is 0 Å². The molecule has 1 aliphatic rings. The van der Waals surface area contributed by atoms with Gasteiger partial charge in [-0.05, 0) is 12.5 Å². The fraction of sp³-hybridized carbons (Fsp3) is 0.571. The number of rotatable bonds is 5. The SMILES string of the molecule is Cc1cccc(C(CNS(C)(=O)=O)N2CCOCC2)c1. The van der Waals surface area contributed by atoms with Crippen LogP contribution >= 0.6 is 0 Å². The van der Waals surface area contributed by atoms with Crippen molar-refractivity contribution in [3.63, 3.8) is 0 Å².